The minimum atomic E-state index is -3.90. The van der Waals surface area contributed by atoms with Gasteiger partial charge in [-0.05, 0) is 48.9 Å². The average Bonchev–Trinajstić information content (AvgIpc) is 3.25. The van der Waals surface area contributed by atoms with Gasteiger partial charge in [0.25, 0.3) is 0 Å². The molecule has 178 valence electrons. The Morgan fingerprint density at radius 3 is 2.21 bits per heavy atom. The molecule has 0 fully saturated rings. The van der Waals surface area contributed by atoms with E-state index in [1.807, 2.05) is 6.92 Å². The zero-order valence-electron chi connectivity index (χ0n) is 19.1. The molecule has 0 saturated heterocycles. The Bertz CT molecular complexity index is 1120. The largest absolute Gasteiger partial charge is 0.497 e. The highest BCUT2D eigenvalue weighted by Crippen LogP contribution is 2.30. The zero-order chi connectivity index (χ0) is 23.8. The molecular weight excluding hydrogens is 446 g/mol. The summed E-state index contributed by atoms with van der Waals surface area (Å²) >= 11 is 0. The fourth-order valence-corrected chi connectivity index (χ4v) is 4.40. The summed E-state index contributed by atoms with van der Waals surface area (Å²) in [6.45, 7) is 3.37. The molecule has 1 atom stereocenters. The fraction of sp³-hybridized carbons (Fsp3) is 0.348. The van der Waals surface area contributed by atoms with Crippen molar-refractivity contribution in [3.8, 4) is 17.2 Å². The molecule has 1 unspecified atom stereocenters. The lowest BCUT2D eigenvalue weighted by Crippen LogP contribution is -2.31. The predicted molar refractivity (Wildman–Crippen MR) is 123 cm³/mol. The Morgan fingerprint density at radius 2 is 1.67 bits per heavy atom. The number of nitrogens with zero attached hydrogens (tertiary/aromatic N) is 2. The van der Waals surface area contributed by atoms with Gasteiger partial charge in [0.05, 0.1) is 25.7 Å². The quantitative estimate of drug-likeness (QED) is 0.402. The second kappa shape index (κ2) is 11.2. The van der Waals surface area contributed by atoms with Crippen LogP contribution in [0.25, 0.3) is 0 Å². The Kier molecular flexibility index (Phi) is 8.32. The van der Waals surface area contributed by atoms with Gasteiger partial charge in [0.1, 0.15) is 35.7 Å². The van der Waals surface area contributed by atoms with Crippen molar-refractivity contribution in [1.29, 1.82) is 0 Å². The second-order valence-corrected chi connectivity index (χ2v) is 8.83. The van der Waals surface area contributed by atoms with Crippen LogP contribution in [0.15, 0.2) is 59.8 Å². The van der Waals surface area contributed by atoms with Gasteiger partial charge in [-0.3, -0.25) is 0 Å². The molecule has 3 rings (SSSR count). The predicted octanol–water partition coefficient (Wildman–Crippen LogP) is 2.92. The number of hydrogen-bond acceptors (Lipinski definition) is 7. The minimum absolute atomic E-state index is 0.105. The smallest absolute Gasteiger partial charge is 0.241 e. The molecule has 0 bridgehead atoms. The van der Waals surface area contributed by atoms with Crippen LogP contribution < -0.4 is 18.9 Å². The number of ether oxygens (including phenoxy) is 4. The van der Waals surface area contributed by atoms with E-state index in [1.165, 1.54) is 26.4 Å². The van der Waals surface area contributed by atoms with Crippen LogP contribution >= 0.6 is 0 Å². The van der Waals surface area contributed by atoms with Crippen molar-refractivity contribution in [2.24, 2.45) is 7.05 Å². The summed E-state index contributed by atoms with van der Waals surface area (Å²) in [7, 11) is 0.977. The highest BCUT2D eigenvalue weighted by atomic mass is 32.2. The molecule has 2 aromatic carbocycles. The van der Waals surface area contributed by atoms with Crippen molar-refractivity contribution in [2.45, 2.75) is 17.9 Å². The van der Waals surface area contributed by atoms with E-state index in [4.69, 9.17) is 18.9 Å². The number of nitrogens with one attached hydrogen (secondary N) is 1. The van der Waals surface area contributed by atoms with Crippen LogP contribution in [0.1, 0.15) is 24.4 Å². The van der Waals surface area contributed by atoms with Crippen molar-refractivity contribution in [3.05, 3.63) is 66.2 Å². The summed E-state index contributed by atoms with van der Waals surface area (Å²) in [5, 5.41) is 0. The molecule has 10 heteroatoms. The summed E-state index contributed by atoms with van der Waals surface area (Å²) < 4.78 is 52.6. The van der Waals surface area contributed by atoms with Crippen LogP contribution in [-0.2, 0) is 21.8 Å². The maximum Gasteiger partial charge on any atom is 0.241 e. The summed E-state index contributed by atoms with van der Waals surface area (Å²) in [6, 6.07) is 10.7. The van der Waals surface area contributed by atoms with E-state index in [-0.39, 0.29) is 4.90 Å². The summed E-state index contributed by atoms with van der Waals surface area (Å²) in [6.07, 6.45) is 3.37. The molecule has 0 aliphatic heterocycles. The van der Waals surface area contributed by atoms with E-state index in [9.17, 15) is 8.42 Å². The molecule has 1 aromatic heterocycles. The SMILES string of the molecule is CCOCCOc1ccc(S(=O)(=O)NC(c2cc(OC)cc(OC)c2)c2nccn2C)cc1. The molecule has 0 radical (unpaired) electrons. The van der Waals surface area contributed by atoms with Crippen molar-refractivity contribution >= 4 is 10.0 Å². The van der Waals surface area contributed by atoms with E-state index in [0.29, 0.717) is 48.5 Å². The van der Waals surface area contributed by atoms with E-state index < -0.39 is 16.1 Å². The molecule has 0 amide bonds. The number of sulfonamides is 1. The van der Waals surface area contributed by atoms with Gasteiger partial charge in [0, 0.05) is 32.1 Å². The minimum Gasteiger partial charge on any atom is -0.497 e. The lowest BCUT2D eigenvalue weighted by molar-refractivity contribution is 0.110. The van der Waals surface area contributed by atoms with Gasteiger partial charge in [-0.2, -0.15) is 4.72 Å². The maximum absolute atomic E-state index is 13.3. The van der Waals surface area contributed by atoms with Crippen LogP contribution in [0.2, 0.25) is 0 Å². The molecule has 9 nitrogen and oxygen atoms in total. The zero-order valence-corrected chi connectivity index (χ0v) is 20.0. The number of benzene rings is 2. The Hall–Kier alpha value is -3.08. The highest BCUT2D eigenvalue weighted by Gasteiger charge is 2.27. The first-order valence-electron chi connectivity index (χ1n) is 10.4. The molecule has 0 spiro atoms. The highest BCUT2D eigenvalue weighted by molar-refractivity contribution is 7.89. The van der Waals surface area contributed by atoms with Crippen molar-refractivity contribution in [2.75, 3.05) is 34.0 Å². The molecule has 0 aliphatic rings. The van der Waals surface area contributed by atoms with Gasteiger partial charge < -0.3 is 23.5 Å². The Labute approximate surface area is 194 Å². The molecule has 0 aliphatic carbocycles. The second-order valence-electron chi connectivity index (χ2n) is 7.11. The number of aromatic nitrogens is 2. The molecule has 33 heavy (non-hydrogen) atoms. The number of methoxy groups -OCH3 is 2. The third-order valence-electron chi connectivity index (χ3n) is 4.93. The third-order valence-corrected chi connectivity index (χ3v) is 6.37. The van der Waals surface area contributed by atoms with Crippen molar-refractivity contribution in [3.63, 3.8) is 0 Å². The van der Waals surface area contributed by atoms with Crippen LogP contribution in [-0.4, -0.2) is 52.0 Å². The number of aryl methyl sites for hydroxylation is 1. The van der Waals surface area contributed by atoms with E-state index >= 15 is 0 Å². The van der Waals surface area contributed by atoms with E-state index in [1.54, 1.807) is 54.3 Å². The van der Waals surface area contributed by atoms with Gasteiger partial charge in [-0.15, -0.1) is 0 Å². The van der Waals surface area contributed by atoms with E-state index in [2.05, 4.69) is 9.71 Å². The first-order chi connectivity index (χ1) is 15.9. The monoisotopic (exact) mass is 475 g/mol. The summed E-state index contributed by atoms with van der Waals surface area (Å²) in [5.41, 5.74) is 0.625. The standard InChI is InChI=1S/C23H29N3O6S/c1-5-31-12-13-32-18-6-8-21(9-7-18)33(27,28)25-22(23-24-10-11-26(23)2)17-14-19(29-3)16-20(15-17)30-4/h6-11,14-16,22,25H,5,12-13H2,1-4H3. The van der Waals surface area contributed by atoms with Crippen LogP contribution in [0.5, 0.6) is 17.2 Å². The molecular formula is C23H29N3O6S. The molecule has 0 saturated carbocycles. The van der Waals surface area contributed by atoms with Crippen LogP contribution in [0.3, 0.4) is 0 Å². The molecule has 1 N–H and O–H groups in total. The van der Waals surface area contributed by atoms with Gasteiger partial charge in [-0.25, -0.2) is 13.4 Å². The number of hydrogen-bond donors (Lipinski definition) is 1. The molecule has 3 aromatic rings. The summed E-state index contributed by atoms with van der Waals surface area (Å²) in [4.78, 5) is 4.47. The van der Waals surface area contributed by atoms with Gasteiger partial charge in [-0.1, -0.05) is 0 Å². The topological polar surface area (TPSA) is 101 Å². The van der Waals surface area contributed by atoms with Crippen molar-refractivity contribution in [1.82, 2.24) is 14.3 Å². The normalized spacial score (nSPS) is 12.4. The lowest BCUT2D eigenvalue weighted by atomic mass is 10.1. The van der Waals surface area contributed by atoms with Crippen LogP contribution in [0.4, 0.5) is 0 Å². The van der Waals surface area contributed by atoms with E-state index in [0.717, 1.165) is 0 Å². The summed E-state index contributed by atoms with van der Waals surface area (Å²) in [5.74, 6) is 2.16. The van der Waals surface area contributed by atoms with Gasteiger partial charge >= 0.3 is 0 Å². The first-order valence-corrected chi connectivity index (χ1v) is 11.9. The first kappa shape index (κ1) is 24.6. The van der Waals surface area contributed by atoms with Crippen LogP contribution in [0, 0.1) is 0 Å². The fourth-order valence-electron chi connectivity index (χ4n) is 3.22. The third kappa shape index (κ3) is 6.25. The number of imidazole rings is 1. The lowest BCUT2D eigenvalue weighted by Gasteiger charge is -2.20. The molecule has 1 heterocycles. The Balaban J connectivity index is 1.89. The number of rotatable bonds is 12. The van der Waals surface area contributed by atoms with Gasteiger partial charge in [0.15, 0.2) is 0 Å². The van der Waals surface area contributed by atoms with Crippen molar-refractivity contribution < 1.29 is 27.4 Å². The average molecular weight is 476 g/mol. The maximum atomic E-state index is 13.3. The van der Waals surface area contributed by atoms with Gasteiger partial charge in [0.2, 0.25) is 10.0 Å². The Morgan fingerprint density at radius 1 is 1.00 bits per heavy atom.